The summed E-state index contributed by atoms with van der Waals surface area (Å²) in [7, 11) is 0. The van der Waals surface area contributed by atoms with Crippen LogP contribution in [0.5, 0.6) is 0 Å². The van der Waals surface area contributed by atoms with Gasteiger partial charge in [-0.2, -0.15) is 4.98 Å². The number of nitrogens with zero attached hydrogens (tertiary/aromatic N) is 3. The van der Waals surface area contributed by atoms with Crippen LogP contribution >= 0.6 is 0 Å². The summed E-state index contributed by atoms with van der Waals surface area (Å²) in [6.45, 7) is 1.71. The van der Waals surface area contributed by atoms with E-state index in [1.54, 1.807) is 19.1 Å². The number of rotatable bonds is 2. The van der Waals surface area contributed by atoms with Crippen molar-refractivity contribution in [3.8, 4) is 22.7 Å². The molecule has 0 bridgehead atoms. The molecule has 0 aliphatic heterocycles. The first kappa shape index (κ1) is 12.4. The number of hydrogen-bond donors (Lipinski definition) is 0. The lowest BCUT2D eigenvalue weighted by Gasteiger charge is -2.03. The second-order valence-electron chi connectivity index (χ2n) is 4.23. The average molecular weight is 273 g/mol. The molecule has 20 heavy (non-hydrogen) atoms. The zero-order chi connectivity index (χ0) is 14.1. The van der Waals surface area contributed by atoms with E-state index in [4.69, 9.17) is 4.52 Å². The lowest BCUT2D eigenvalue weighted by Crippen LogP contribution is -1.88. The average Bonchev–Trinajstić information content (AvgIpc) is 2.85. The summed E-state index contributed by atoms with van der Waals surface area (Å²) in [5, 5.41) is 3.70. The Labute approximate surface area is 113 Å². The van der Waals surface area contributed by atoms with Crippen LogP contribution in [0.4, 0.5) is 8.78 Å². The van der Waals surface area contributed by atoms with E-state index in [0.717, 1.165) is 6.07 Å². The minimum Gasteiger partial charge on any atom is -0.334 e. The predicted octanol–water partition coefficient (Wildman–Crippen LogP) is 3.39. The quantitative estimate of drug-likeness (QED) is 0.718. The van der Waals surface area contributed by atoms with Crippen molar-refractivity contribution in [2.45, 2.75) is 6.92 Å². The van der Waals surface area contributed by atoms with Crippen LogP contribution in [0.1, 0.15) is 5.82 Å². The van der Waals surface area contributed by atoms with Crippen molar-refractivity contribution in [3.05, 3.63) is 54.0 Å². The number of hydrogen-bond acceptors (Lipinski definition) is 4. The Morgan fingerprint density at radius 3 is 2.40 bits per heavy atom. The van der Waals surface area contributed by atoms with Crippen molar-refractivity contribution in [1.82, 2.24) is 15.1 Å². The summed E-state index contributed by atoms with van der Waals surface area (Å²) in [6, 6.07) is 6.57. The van der Waals surface area contributed by atoms with Gasteiger partial charge in [-0.05, 0) is 31.2 Å². The van der Waals surface area contributed by atoms with Gasteiger partial charge in [-0.15, -0.1) is 0 Å². The normalized spacial score (nSPS) is 10.8. The molecule has 0 saturated heterocycles. The maximum absolute atomic E-state index is 13.2. The topological polar surface area (TPSA) is 51.8 Å². The molecule has 0 unspecified atom stereocenters. The Hall–Kier alpha value is -2.63. The Morgan fingerprint density at radius 1 is 1.00 bits per heavy atom. The molecule has 1 aromatic carbocycles. The highest BCUT2D eigenvalue weighted by atomic mass is 19.1. The van der Waals surface area contributed by atoms with E-state index in [0.29, 0.717) is 28.5 Å². The van der Waals surface area contributed by atoms with Crippen molar-refractivity contribution in [3.63, 3.8) is 0 Å². The molecule has 0 aliphatic rings. The van der Waals surface area contributed by atoms with Crippen molar-refractivity contribution in [1.29, 1.82) is 0 Å². The fraction of sp³-hybridized carbons (Fsp3) is 0.0714. The maximum atomic E-state index is 13.2. The van der Waals surface area contributed by atoms with Gasteiger partial charge in [0.1, 0.15) is 11.6 Å². The van der Waals surface area contributed by atoms with Gasteiger partial charge in [-0.25, -0.2) is 8.78 Å². The summed E-state index contributed by atoms with van der Waals surface area (Å²) < 4.78 is 31.5. The van der Waals surface area contributed by atoms with Gasteiger partial charge in [-0.1, -0.05) is 5.16 Å². The number of benzene rings is 1. The van der Waals surface area contributed by atoms with Crippen molar-refractivity contribution < 1.29 is 13.3 Å². The molecular weight excluding hydrogens is 264 g/mol. The van der Waals surface area contributed by atoms with Gasteiger partial charge in [0.2, 0.25) is 0 Å². The van der Waals surface area contributed by atoms with Gasteiger partial charge < -0.3 is 4.52 Å². The van der Waals surface area contributed by atoms with Gasteiger partial charge in [0.05, 0.1) is 5.69 Å². The second-order valence-corrected chi connectivity index (χ2v) is 4.23. The SMILES string of the molecule is Cc1noc(-c2ccnc(-c3cc(F)cc(F)c3)c2)n1. The molecule has 3 aromatic rings. The zero-order valence-corrected chi connectivity index (χ0v) is 10.5. The number of aromatic nitrogens is 3. The fourth-order valence-corrected chi connectivity index (χ4v) is 1.84. The monoisotopic (exact) mass is 273 g/mol. The summed E-state index contributed by atoms with van der Waals surface area (Å²) in [4.78, 5) is 8.20. The fourth-order valence-electron chi connectivity index (χ4n) is 1.84. The Balaban J connectivity index is 2.07. The first-order valence-electron chi connectivity index (χ1n) is 5.85. The van der Waals surface area contributed by atoms with Crippen LogP contribution in [0.3, 0.4) is 0 Å². The number of halogens is 2. The van der Waals surface area contributed by atoms with E-state index in [1.807, 2.05) is 0 Å². The maximum Gasteiger partial charge on any atom is 0.258 e. The van der Waals surface area contributed by atoms with Crippen LogP contribution in [-0.2, 0) is 0 Å². The van der Waals surface area contributed by atoms with E-state index in [1.165, 1.54) is 18.3 Å². The standard InChI is InChI=1S/C14H9F2N3O/c1-8-18-14(20-19-8)9-2-3-17-13(6-9)10-4-11(15)7-12(16)5-10/h2-7H,1H3. The molecule has 100 valence electrons. The van der Waals surface area contributed by atoms with Crippen LogP contribution in [0, 0.1) is 18.6 Å². The Kier molecular flexibility index (Phi) is 2.98. The molecule has 2 heterocycles. The lowest BCUT2D eigenvalue weighted by molar-refractivity contribution is 0.425. The third kappa shape index (κ3) is 2.40. The Morgan fingerprint density at radius 2 is 1.75 bits per heavy atom. The molecule has 6 heteroatoms. The van der Waals surface area contributed by atoms with Crippen LogP contribution < -0.4 is 0 Å². The van der Waals surface area contributed by atoms with Gasteiger partial charge >= 0.3 is 0 Å². The van der Waals surface area contributed by atoms with Crippen molar-refractivity contribution in [2.75, 3.05) is 0 Å². The van der Waals surface area contributed by atoms with E-state index in [9.17, 15) is 8.78 Å². The molecule has 0 amide bonds. The van der Waals surface area contributed by atoms with Crippen LogP contribution in [0.25, 0.3) is 22.7 Å². The van der Waals surface area contributed by atoms with Gasteiger partial charge in [0.25, 0.3) is 5.89 Å². The highest BCUT2D eigenvalue weighted by Crippen LogP contribution is 2.24. The number of pyridine rings is 1. The van der Waals surface area contributed by atoms with E-state index in [2.05, 4.69) is 15.1 Å². The molecule has 0 atom stereocenters. The molecule has 4 nitrogen and oxygen atoms in total. The first-order valence-corrected chi connectivity index (χ1v) is 5.85. The third-order valence-corrected chi connectivity index (χ3v) is 2.69. The summed E-state index contributed by atoms with van der Waals surface area (Å²) >= 11 is 0. The molecular formula is C14H9F2N3O. The molecule has 2 aromatic heterocycles. The minimum atomic E-state index is -0.652. The van der Waals surface area contributed by atoms with E-state index < -0.39 is 11.6 Å². The largest absolute Gasteiger partial charge is 0.334 e. The summed E-state index contributed by atoms with van der Waals surface area (Å²) in [5.74, 6) is -0.458. The number of aryl methyl sites for hydroxylation is 1. The summed E-state index contributed by atoms with van der Waals surface area (Å²) in [6.07, 6.45) is 1.52. The van der Waals surface area contributed by atoms with E-state index in [-0.39, 0.29) is 0 Å². The second kappa shape index (κ2) is 4.80. The third-order valence-electron chi connectivity index (χ3n) is 2.69. The smallest absolute Gasteiger partial charge is 0.258 e. The molecule has 0 spiro atoms. The lowest BCUT2D eigenvalue weighted by atomic mass is 10.1. The van der Waals surface area contributed by atoms with E-state index >= 15 is 0 Å². The Bertz CT molecular complexity index is 750. The highest BCUT2D eigenvalue weighted by molar-refractivity contribution is 5.66. The van der Waals surface area contributed by atoms with Crippen molar-refractivity contribution >= 4 is 0 Å². The predicted molar refractivity (Wildman–Crippen MR) is 67.6 cm³/mol. The zero-order valence-electron chi connectivity index (χ0n) is 10.5. The highest BCUT2D eigenvalue weighted by Gasteiger charge is 2.10. The van der Waals surface area contributed by atoms with Crippen LogP contribution in [0.2, 0.25) is 0 Å². The minimum absolute atomic E-state index is 0.336. The molecule has 0 fully saturated rings. The van der Waals surface area contributed by atoms with Gasteiger partial charge in [0, 0.05) is 23.4 Å². The van der Waals surface area contributed by atoms with Gasteiger partial charge in [0.15, 0.2) is 5.82 Å². The van der Waals surface area contributed by atoms with Crippen LogP contribution in [0.15, 0.2) is 41.1 Å². The summed E-state index contributed by atoms with van der Waals surface area (Å²) in [5.41, 5.74) is 1.41. The van der Waals surface area contributed by atoms with Crippen molar-refractivity contribution in [2.24, 2.45) is 0 Å². The molecule has 3 rings (SSSR count). The molecule has 0 radical (unpaired) electrons. The molecule has 0 saturated carbocycles. The molecule has 0 N–H and O–H groups in total. The molecule has 0 aliphatic carbocycles. The van der Waals surface area contributed by atoms with Gasteiger partial charge in [-0.3, -0.25) is 4.98 Å². The first-order chi connectivity index (χ1) is 9.61. The van der Waals surface area contributed by atoms with Crippen LogP contribution in [-0.4, -0.2) is 15.1 Å².